The van der Waals surface area contributed by atoms with Crippen LogP contribution in [0.3, 0.4) is 0 Å². The van der Waals surface area contributed by atoms with Crippen molar-refractivity contribution in [1.29, 1.82) is 0 Å². The molecular weight excluding hydrogens is 386 g/mol. The number of hydrogen-bond acceptors (Lipinski definition) is 4. The van der Waals surface area contributed by atoms with Gasteiger partial charge in [0.1, 0.15) is 5.75 Å². The van der Waals surface area contributed by atoms with Gasteiger partial charge >= 0.3 is 5.97 Å². The van der Waals surface area contributed by atoms with E-state index in [0.29, 0.717) is 36.2 Å². The molecule has 1 aliphatic heterocycles. The van der Waals surface area contributed by atoms with Gasteiger partial charge in [-0.25, -0.2) is 13.2 Å². The number of ether oxygens (including phenoxy) is 1. The molecule has 6 heteroatoms. The summed E-state index contributed by atoms with van der Waals surface area (Å²) in [5.74, 6) is 0.737. The van der Waals surface area contributed by atoms with Crippen molar-refractivity contribution in [3.05, 3.63) is 58.7 Å². The molecule has 1 aliphatic rings. The number of carbonyl (C=O) groups is 1. The van der Waals surface area contributed by atoms with E-state index in [1.807, 2.05) is 32.9 Å². The normalized spacial score (nSPS) is 20.4. The highest BCUT2D eigenvalue weighted by Crippen LogP contribution is 2.28. The Morgan fingerprint density at radius 1 is 0.931 bits per heavy atom. The smallest absolute Gasteiger partial charge is 0.343 e. The minimum atomic E-state index is -3.57. The average Bonchev–Trinajstić information content (AvgIpc) is 2.67. The molecule has 2 aromatic rings. The molecular formula is C23H29NO4S. The molecule has 5 nitrogen and oxygen atoms in total. The number of rotatable bonds is 4. The fraction of sp³-hybridized carbons (Fsp3) is 0.435. The van der Waals surface area contributed by atoms with E-state index in [2.05, 4.69) is 13.8 Å². The lowest BCUT2D eigenvalue weighted by molar-refractivity contribution is 0.0732. The summed E-state index contributed by atoms with van der Waals surface area (Å²) in [7, 11) is -3.57. The van der Waals surface area contributed by atoms with Crippen molar-refractivity contribution in [2.75, 3.05) is 13.1 Å². The van der Waals surface area contributed by atoms with Gasteiger partial charge < -0.3 is 4.74 Å². The van der Waals surface area contributed by atoms with Crippen LogP contribution in [0.4, 0.5) is 0 Å². The van der Waals surface area contributed by atoms with E-state index in [1.165, 1.54) is 24.3 Å². The molecule has 1 fully saturated rings. The highest BCUT2D eigenvalue weighted by Gasteiger charge is 2.31. The second-order valence-electron chi connectivity index (χ2n) is 8.34. The van der Waals surface area contributed by atoms with Crippen LogP contribution in [-0.4, -0.2) is 31.8 Å². The topological polar surface area (TPSA) is 63.7 Å². The van der Waals surface area contributed by atoms with Crippen LogP contribution in [0.15, 0.2) is 41.3 Å². The third kappa shape index (κ3) is 4.54. The zero-order valence-corrected chi connectivity index (χ0v) is 18.5. The Labute approximate surface area is 173 Å². The number of piperidine rings is 1. The fourth-order valence-electron chi connectivity index (χ4n) is 3.95. The third-order valence-corrected chi connectivity index (χ3v) is 7.48. The first-order valence-electron chi connectivity index (χ1n) is 9.98. The van der Waals surface area contributed by atoms with E-state index < -0.39 is 16.0 Å². The van der Waals surface area contributed by atoms with Crippen molar-refractivity contribution in [3.63, 3.8) is 0 Å². The fourth-order valence-corrected chi connectivity index (χ4v) is 5.63. The van der Waals surface area contributed by atoms with Crippen molar-refractivity contribution in [3.8, 4) is 5.75 Å². The van der Waals surface area contributed by atoms with Crippen molar-refractivity contribution < 1.29 is 17.9 Å². The zero-order chi connectivity index (χ0) is 21.3. The van der Waals surface area contributed by atoms with E-state index in [1.54, 1.807) is 4.31 Å². The summed E-state index contributed by atoms with van der Waals surface area (Å²) in [4.78, 5) is 12.8. The number of nitrogens with zero attached hydrogens (tertiary/aromatic N) is 1. The van der Waals surface area contributed by atoms with Crippen LogP contribution in [0.1, 0.15) is 47.3 Å². The number of esters is 1. The SMILES string of the molecule is Cc1ccc(C)c(OC(=O)c2ccc(S(=O)(=O)N3C[C@H](C)C[C@H](C)C3)cc2)c1C. The van der Waals surface area contributed by atoms with Crippen LogP contribution in [-0.2, 0) is 10.0 Å². The summed E-state index contributed by atoms with van der Waals surface area (Å²) in [5.41, 5.74) is 3.18. The number of aryl methyl sites for hydroxylation is 2. The van der Waals surface area contributed by atoms with Gasteiger partial charge in [-0.3, -0.25) is 0 Å². The van der Waals surface area contributed by atoms with Crippen LogP contribution in [0, 0.1) is 32.6 Å². The van der Waals surface area contributed by atoms with Crippen LogP contribution >= 0.6 is 0 Å². The minimum Gasteiger partial charge on any atom is -0.422 e. The molecule has 0 unspecified atom stereocenters. The van der Waals surface area contributed by atoms with Crippen molar-refractivity contribution in [2.24, 2.45) is 11.8 Å². The molecule has 2 atom stereocenters. The molecule has 156 valence electrons. The lowest BCUT2D eigenvalue weighted by Gasteiger charge is -2.34. The Balaban J connectivity index is 1.80. The molecule has 0 aliphatic carbocycles. The van der Waals surface area contributed by atoms with E-state index >= 15 is 0 Å². The minimum absolute atomic E-state index is 0.207. The van der Waals surface area contributed by atoms with E-state index in [9.17, 15) is 13.2 Å². The Morgan fingerprint density at radius 3 is 2.07 bits per heavy atom. The molecule has 0 amide bonds. The molecule has 1 heterocycles. The number of carbonyl (C=O) groups excluding carboxylic acids is 1. The first-order valence-corrected chi connectivity index (χ1v) is 11.4. The quantitative estimate of drug-likeness (QED) is 0.545. The van der Waals surface area contributed by atoms with Crippen LogP contribution < -0.4 is 4.74 Å². The van der Waals surface area contributed by atoms with E-state index in [0.717, 1.165) is 23.1 Å². The molecule has 0 spiro atoms. The standard InChI is InChI=1S/C23H29NO4S/c1-15-12-16(2)14-24(13-15)29(26,27)21-10-8-20(9-11-21)23(25)28-22-18(4)7-6-17(3)19(22)5/h6-11,15-16H,12-14H2,1-5H3/t15-,16+. The van der Waals surface area contributed by atoms with Crippen LogP contribution in [0.25, 0.3) is 0 Å². The van der Waals surface area contributed by atoms with Crippen LogP contribution in [0.5, 0.6) is 5.75 Å². The van der Waals surface area contributed by atoms with Gasteiger partial charge in [0.25, 0.3) is 0 Å². The average molecular weight is 416 g/mol. The molecule has 0 bridgehead atoms. The maximum atomic E-state index is 13.0. The molecule has 29 heavy (non-hydrogen) atoms. The lowest BCUT2D eigenvalue weighted by atomic mass is 9.94. The number of hydrogen-bond donors (Lipinski definition) is 0. The van der Waals surface area contributed by atoms with Gasteiger partial charge in [-0.15, -0.1) is 0 Å². The van der Waals surface area contributed by atoms with Gasteiger partial charge in [0.2, 0.25) is 10.0 Å². The maximum Gasteiger partial charge on any atom is 0.343 e. The largest absolute Gasteiger partial charge is 0.422 e. The summed E-state index contributed by atoms with van der Waals surface area (Å²) in [6, 6.07) is 9.93. The Bertz CT molecular complexity index is 1000. The Hall–Kier alpha value is -2.18. The first-order chi connectivity index (χ1) is 13.6. The predicted molar refractivity (Wildman–Crippen MR) is 114 cm³/mol. The second kappa shape index (κ2) is 8.28. The van der Waals surface area contributed by atoms with Crippen molar-refractivity contribution in [2.45, 2.75) is 45.9 Å². The Morgan fingerprint density at radius 2 is 1.48 bits per heavy atom. The summed E-state index contributed by atoms with van der Waals surface area (Å²) in [5, 5.41) is 0. The Kier molecular flexibility index (Phi) is 6.15. The zero-order valence-electron chi connectivity index (χ0n) is 17.7. The summed E-state index contributed by atoms with van der Waals surface area (Å²) in [6.07, 6.45) is 1.04. The van der Waals surface area contributed by atoms with Gasteiger partial charge in [0.15, 0.2) is 0 Å². The second-order valence-corrected chi connectivity index (χ2v) is 10.3. The molecule has 3 rings (SSSR count). The molecule has 0 aromatic heterocycles. The summed E-state index contributed by atoms with van der Waals surface area (Å²) >= 11 is 0. The molecule has 2 aromatic carbocycles. The summed E-state index contributed by atoms with van der Waals surface area (Å²) < 4.78 is 33.1. The van der Waals surface area contributed by atoms with Gasteiger partial charge in [-0.2, -0.15) is 4.31 Å². The number of sulfonamides is 1. The lowest BCUT2D eigenvalue weighted by Crippen LogP contribution is -2.42. The molecule has 0 N–H and O–H groups in total. The third-order valence-electron chi connectivity index (χ3n) is 5.63. The maximum absolute atomic E-state index is 13.0. The van der Waals surface area contributed by atoms with E-state index in [-0.39, 0.29) is 4.90 Å². The van der Waals surface area contributed by atoms with Gasteiger partial charge in [-0.05, 0) is 80.0 Å². The highest BCUT2D eigenvalue weighted by atomic mass is 32.2. The van der Waals surface area contributed by atoms with Gasteiger partial charge in [0, 0.05) is 13.1 Å². The molecule has 1 saturated heterocycles. The van der Waals surface area contributed by atoms with Crippen molar-refractivity contribution in [1.82, 2.24) is 4.31 Å². The predicted octanol–water partition coefficient (Wildman–Crippen LogP) is 4.50. The van der Waals surface area contributed by atoms with E-state index in [4.69, 9.17) is 4.74 Å². The highest BCUT2D eigenvalue weighted by molar-refractivity contribution is 7.89. The monoisotopic (exact) mass is 415 g/mol. The van der Waals surface area contributed by atoms with Gasteiger partial charge in [-0.1, -0.05) is 26.0 Å². The number of benzene rings is 2. The van der Waals surface area contributed by atoms with Gasteiger partial charge in [0.05, 0.1) is 10.5 Å². The first kappa shape index (κ1) is 21.5. The van der Waals surface area contributed by atoms with Crippen LogP contribution in [0.2, 0.25) is 0 Å². The van der Waals surface area contributed by atoms with Crippen molar-refractivity contribution >= 4 is 16.0 Å². The summed E-state index contributed by atoms with van der Waals surface area (Å²) in [6.45, 7) is 11.0. The molecule has 0 saturated carbocycles. The molecule has 0 radical (unpaired) electrons.